The molecule has 8 nitrogen and oxygen atoms in total. The SMILES string of the molecule is C[C@@H](C(=O)Nc1cc([N+](=O)[O-])ccc1Cl)N1CCC(C(N)=O)CC1. The first kappa shape index (κ1) is 18.2. The fraction of sp³-hybridized carbons (Fsp3) is 0.467. The monoisotopic (exact) mass is 354 g/mol. The Bertz CT molecular complexity index is 659. The Morgan fingerprint density at radius 2 is 2.04 bits per heavy atom. The van der Waals surface area contributed by atoms with Crippen molar-refractivity contribution in [3.63, 3.8) is 0 Å². The van der Waals surface area contributed by atoms with Gasteiger partial charge in [-0.15, -0.1) is 0 Å². The van der Waals surface area contributed by atoms with Gasteiger partial charge in [0, 0.05) is 18.1 Å². The number of nitrogens with zero attached hydrogens (tertiary/aromatic N) is 2. The lowest BCUT2D eigenvalue weighted by Crippen LogP contribution is -2.47. The molecule has 0 radical (unpaired) electrons. The zero-order valence-corrected chi connectivity index (χ0v) is 14.0. The summed E-state index contributed by atoms with van der Waals surface area (Å²) in [5.74, 6) is -0.771. The number of rotatable bonds is 5. The second-order valence-corrected chi connectivity index (χ2v) is 6.21. The second kappa shape index (κ2) is 7.59. The Labute approximate surface area is 144 Å². The molecule has 0 unspecified atom stereocenters. The number of likely N-dealkylation sites (tertiary alicyclic amines) is 1. The minimum atomic E-state index is -0.552. The van der Waals surface area contributed by atoms with E-state index in [4.69, 9.17) is 17.3 Å². The molecular formula is C15H19ClN4O4. The summed E-state index contributed by atoms with van der Waals surface area (Å²) in [5, 5.41) is 13.7. The largest absolute Gasteiger partial charge is 0.369 e. The molecule has 3 N–H and O–H groups in total. The summed E-state index contributed by atoms with van der Waals surface area (Å²) in [6.07, 6.45) is 1.23. The maximum atomic E-state index is 12.4. The molecule has 1 aliphatic heterocycles. The zero-order chi connectivity index (χ0) is 17.9. The number of primary amides is 1. The van der Waals surface area contributed by atoms with Crippen molar-refractivity contribution in [3.8, 4) is 0 Å². The summed E-state index contributed by atoms with van der Waals surface area (Å²) in [6.45, 7) is 2.92. The molecule has 1 saturated heterocycles. The number of benzene rings is 1. The van der Waals surface area contributed by atoms with Gasteiger partial charge in [0.2, 0.25) is 11.8 Å². The predicted octanol–water partition coefficient (Wildman–Crippen LogP) is 1.77. The van der Waals surface area contributed by atoms with Crippen LogP contribution in [0.4, 0.5) is 11.4 Å². The average Bonchev–Trinajstić information content (AvgIpc) is 2.55. The van der Waals surface area contributed by atoms with E-state index in [9.17, 15) is 19.7 Å². The van der Waals surface area contributed by atoms with Gasteiger partial charge in [-0.05, 0) is 38.9 Å². The van der Waals surface area contributed by atoms with E-state index >= 15 is 0 Å². The van der Waals surface area contributed by atoms with E-state index in [-0.39, 0.29) is 34.1 Å². The summed E-state index contributed by atoms with van der Waals surface area (Å²) in [4.78, 5) is 35.8. The molecule has 9 heteroatoms. The van der Waals surface area contributed by atoms with Gasteiger partial charge in [-0.25, -0.2) is 0 Å². The van der Waals surface area contributed by atoms with Gasteiger partial charge in [0.05, 0.1) is 21.7 Å². The number of carbonyl (C=O) groups excluding carboxylic acids is 2. The molecular weight excluding hydrogens is 336 g/mol. The highest BCUT2D eigenvalue weighted by atomic mass is 35.5. The number of carbonyl (C=O) groups is 2. The number of non-ortho nitro benzene ring substituents is 1. The van der Waals surface area contributed by atoms with Gasteiger partial charge < -0.3 is 11.1 Å². The maximum Gasteiger partial charge on any atom is 0.271 e. The number of nitro groups is 1. The van der Waals surface area contributed by atoms with Gasteiger partial charge in [-0.1, -0.05) is 11.6 Å². The molecule has 1 atom stereocenters. The highest BCUT2D eigenvalue weighted by molar-refractivity contribution is 6.33. The van der Waals surface area contributed by atoms with Crippen LogP contribution in [-0.4, -0.2) is 40.8 Å². The van der Waals surface area contributed by atoms with Crippen LogP contribution in [0.15, 0.2) is 18.2 Å². The molecule has 24 heavy (non-hydrogen) atoms. The minimum absolute atomic E-state index is 0.148. The van der Waals surface area contributed by atoms with Crippen molar-refractivity contribution in [2.45, 2.75) is 25.8 Å². The number of amides is 2. The van der Waals surface area contributed by atoms with Crippen LogP contribution in [0.3, 0.4) is 0 Å². The lowest BCUT2D eigenvalue weighted by molar-refractivity contribution is -0.384. The smallest absolute Gasteiger partial charge is 0.271 e. The third-order valence-corrected chi connectivity index (χ3v) is 4.61. The summed E-state index contributed by atoms with van der Waals surface area (Å²) < 4.78 is 0. The van der Waals surface area contributed by atoms with E-state index < -0.39 is 11.0 Å². The van der Waals surface area contributed by atoms with Crippen molar-refractivity contribution in [1.82, 2.24) is 4.90 Å². The minimum Gasteiger partial charge on any atom is -0.369 e. The molecule has 0 bridgehead atoms. The lowest BCUT2D eigenvalue weighted by Gasteiger charge is -2.34. The normalized spacial score (nSPS) is 17.2. The lowest BCUT2D eigenvalue weighted by atomic mass is 9.95. The molecule has 1 aliphatic rings. The molecule has 1 aromatic rings. The standard InChI is InChI=1S/C15H19ClN4O4/c1-9(19-6-4-10(5-7-19)14(17)21)15(22)18-13-8-11(20(23)24)2-3-12(13)16/h2-3,8-10H,4-7H2,1H3,(H2,17,21)(H,18,22)/t9-/m0/s1. The zero-order valence-electron chi connectivity index (χ0n) is 13.2. The first-order valence-corrected chi connectivity index (χ1v) is 7.95. The quantitative estimate of drug-likeness (QED) is 0.617. The third kappa shape index (κ3) is 4.21. The Morgan fingerprint density at radius 3 is 2.58 bits per heavy atom. The number of nitrogens with one attached hydrogen (secondary N) is 1. The summed E-state index contributed by atoms with van der Waals surface area (Å²) in [5.41, 5.74) is 5.35. The number of anilines is 1. The Balaban J connectivity index is 2.01. The van der Waals surface area contributed by atoms with E-state index in [1.807, 2.05) is 4.90 Å². The molecule has 1 heterocycles. The molecule has 0 saturated carbocycles. The van der Waals surface area contributed by atoms with Crippen LogP contribution in [0.1, 0.15) is 19.8 Å². The molecule has 2 amide bonds. The highest BCUT2D eigenvalue weighted by Gasteiger charge is 2.29. The number of piperidine rings is 1. The molecule has 130 valence electrons. The van der Waals surface area contributed by atoms with E-state index in [1.54, 1.807) is 6.92 Å². The molecule has 1 aromatic carbocycles. The predicted molar refractivity (Wildman–Crippen MR) is 89.7 cm³/mol. The first-order valence-electron chi connectivity index (χ1n) is 7.57. The molecule has 2 rings (SSSR count). The van der Waals surface area contributed by atoms with Gasteiger partial charge in [0.1, 0.15) is 0 Å². The fourth-order valence-corrected chi connectivity index (χ4v) is 2.86. The average molecular weight is 355 g/mol. The molecule has 0 spiro atoms. The summed E-state index contributed by atoms with van der Waals surface area (Å²) in [7, 11) is 0. The number of hydrogen-bond acceptors (Lipinski definition) is 5. The maximum absolute atomic E-state index is 12.4. The molecule has 0 aromatic heterocycles. The van der Waals surface area contributed by atoms with Crippen molar-refractivity contribution in [2.75, 3.05) is 18.4 Å². The van der Waals surface area contributed by atoms with E-state index in [2.05, 4.69) is 5.32 Å². The number of halogens is 1. The number of hydrogen-bond donors (Lipinski definition) is 2. The van der Waals surface area contributed by atoms with Crippen LogP contribution in [0.5, 0.6) is 0 Å². The van der Waals surface area contributed by atoms with Crippen LogP contribution in [0.25, 0.3) is 0 Å². The van der Waals surface area contributed by atoms with Crippen LogP contribution in [-0.2, 0) is 9.59 Å². The fourth-order valence-electron chi connectivity index (χ4n) is 2.70. The van der Waals surface area contributed by atoms with Crippen molar-refractivity contribution in [2.24, 2.45) is 11.7 Å². The number of nitrogens with two attached hydrogens (primary N) is 1. The first-order chi connectivity index (χ1) is 11.3. The van der Waals surface area contributed by atoms with Gasteiger partial charge in [0.25, 0.3) is 5.69 Å². The van der Waals surface area contributed by atoms with Crippen LogP contribution in [0, 0.1) is 16.0 Å². The second-order valence-electron chi connectivity index (χ2n) is 5.80. The van der Waals surface area contributed by atoms with E-state index in [0.717, 1.165) is 0 Å². The third-order valence-electron chi connectivity index (χ3n) is 4.28. The summed E-state index contributed by atoms with van der Waals surface area (Å²) >= 11 is 5.99. The van der Waals surface area contributed by atoms with Gasteiger partial charge in [0.15, 0.2) is 0 Å². The van der Waals surface area contributed by atoms with Crippen molar-refractivity contribution in [1.29, 1.82) is 0 Å². The van der Waals surface area contributed by atoms with Crippen LogP contribution < -0.4 is 11.1 Å². The van der Waals surface area contributed by atoms with Gasteiger partial charge in [-0.2, -0.15) is 0 Å². The highest BCUT2D eigenvalue weighted by Crippen LogP contribution is 2.27. The Hall–Kier alpha value is -2.19. The van der Waals surface area contributed by atoms with Crippen molar-refractivity contribution in [3.05, 3.63) is 33.3 Å². The van der Waals surface area contributed by atoms with E-state index in [0.29, 0.717) is 25.9 Å². The Morgan fingerprint density at radius 1 is 1.42 bits per heavy atom. The van der Waals surface area contributed by atoms with Gasteiger partial charge >= 0.3 is 0 Å². The molecule has 1 fully saturated rings. The van der Waals surface area contributed by atoms with E-state index in [1.165, 1.54) is 18.2 Å². The van der Waals surface area contributed by atoms with Crippen LogP contribution >= 0.6 is 11.6 Å². The Kier molecular flexibility index (Phi) is 5.74. The van der Waals surface area contributed by atoms with Crippen LogP contribution in [0.2, 0.25) is 5.02 Å². The molecule has 0 aliphatic carbocycles. The number of nitro benzene ring substituents is 1. The van der Waals surface area contributed by atoms with Crippen molar-refractivity contribution < 1.29 is 14.5 Å². The summed E-state index contributed by atoms with van der Waals surface area (Å²) in [6, 6.07) is 3.43. The topological polar surface area (TPSA) is 119 Å². The van der Waals surface area contributed by atoms with Gasteiger partial charge in [-0.3, -0.25) is 24.6 Å². The van der Waals surface area contributed by atoms with Crippen molar-refractivity contribution >= 4 is 34.8 Å².